The van der Waals surface area contributed by atoms with E-state index in [1.165, 1.54) is 12.1 Å². The average molecular weight is 351 g/mol. The molecule has 0 atom stereocenters. The SMILES string of the molecule is CCC(=O)N(Cc1nccn1Cc1ccc(C(F)(F)F)cc1)C1CC1. The van der Waals surface area contributed by atoms with Gasteiger partial charge in [-0.25, -0.2) is 4.98 Å². The molecule has 0 N–H and O–H groups in total. The molecule has 3 rings (SSSR count). The Morgan fingerprint density at radius 2 is 1.96 bits per heavy atom. The maximum atomic E-state index is 12.6. The summed E-state index contributed by atoms with van der Waals surface area (Å²) in [5, 5.41) is 0. The topological polar surface area (TPSA) is 38.1 Å². The highest BCUT2D eigenvalue weighted by atomic mass is 19.4. The Balaban J connectivity index is 1.72. The first kappa shape index (κ1) is 17.5. The van der Waals surface area contributed by atoms with Gasteiger partial charge in [0.2, 0.25) is 5.91 Å². The minimum absolute atomic E-state index is 0.103. The molecule has 25 heavy (non-hydrogen) atoms. The Morgan fingerprint density at radius 1 is 1.28 bits per heavy atom. The lowest BCUT2D eigenvalue weighted by molar-refractivity contribution is -0.137. The molecule has 1 heterocycles. The number of amides is 1. The maximum Gasteiger partial charge on any atom is 0.416 e. The van der Waals surface area contributed by atoms with Gasteiger partial charge < -0.3 is 9.47 Å². The molecule has 4 nitrogen and oxygen atoms in total. The van der Waals surface area contributed by atoms with E-state index in [1.54, 1.807) is 12.4 Å². The quantitative estimate of drug-likeness (QED) is 0.793. The van der Waals surface area contributed by atoms with E-state index in [0.717, 1.165) is 36.4 Å². The number of benzene rings is 1. The van der Waals surface area contributed by atoms with Crippen molar-refractivity contribution in [1.82, 2.24) is 14.5 Å². The molecule has 0 unspecified atom stereocenters. The van der Waals surface area contributed by atoms with Crippen LogP contribution in [0.5, 0.6) is 0 Å². The fourth-order valence-corrected chi connectivity index (χ4v) is 2.79. The summed E-state index contributed by atoms with van der Waals surface area (Å²) >= 11 is 0. The second kappa shape index (κ2) is 6.90. The van der Waals surface area contributed by atoms with Gasteiger partial charge in [-0.2, -0.15) is 13.2 Å². The van der Waals surface area contributed by atoms with Gasteiger partial charge in [-0.3, -0.25) is 4.79 Å². The molecular formula is C18H20F3N3O. The number of rotatable bonds is 6. The van der Waals surface area contributed by atoms with Crippen LogP contribution >= 0.6 is 0 Å². The highest BCUT2D eigenvalue weighted by Gasteiger charge is 2.32. The number of imidazole rings is 1. The summed E-state index contributed by atoms with van der Waals surface area (Å²) in [5.74, 6) is 0.847. The van der Waals surface area contributed by atoms with Gasteiger partial charge in [0.05, 0.1) is 12.1 Å². The molecule has 0 saturated heterocycles. The third-order valence-corrected chi connectivity index (χ3v) is 4.36. The molecule has 0 spiro atoms. The number of carbonyl (C=O) groups excluding carboxylic acids is 1. The third-order valence-electron chi connectivity index (χ3n) is 4.36. The summed E-state index contributed by atoms with van der Waals surface area (Å²) in [4.78, 5) is 18.3. The number of nitrogens with zero attached hydrogens (tertiary/aromatic N) is 3. The zero-order chi connectivity index (χ0) is 18.0. The van der Waals surface area contributed by atoms with Gasteiger partial charge in [-0.15, -0.1) is 0 Å². The molecule has 1 fully saturated rings. The summed E-state index contributed by atoms with van der Waals surface area (Å²) in [5.41, 5.74) is 0.0996. The number of halogens is 3. The van der Waals surface area contributed by atoms with Gasteiger partial charge in [-0.1, -0.05) is 19.1 Å². The van der Waals surface area contributed by atoms with Crippen LogP contribution < -0.4 is 0 Å². The monoisotopic (exact) mass is 351 g/mol. The zero-order valence-corrected chi connectivity index (χ0v) is 14.0. The van der Waals surface area contributed by atoms with Crippen molar-refractivity contribution in [2.75, 3.05) is 0 Å². The number of aromatic nitrogens is 2. The van der Waals surface area contributed by atoms with Gasteiger partial charge >= 0.3 is 6.18 Å². The second-order valence-electron chi connectivity index (χ2n) is 6.27. The van der Waals surface area contributed by atoms with Crippen molar-refractivity contribution >= 4 is 5.91 Å². The normalized spacial score (nSPS) is 14.6. The molecule has 1 aliphatic carbocycles. The summed E-state index contributed by atoms with van der Waals surface area (Å²) in [7, 11) is 0. The number of hydrogen-bond donors (Lipinski definition) is 0. The molecular weight excluding hydrogens is 331 g/mol. The molecule has 1 aromatic heterocycles. The fourth-order valence-electron chi connectivity index (χ4n) is 2.79. The average Bonchev–Trinajstić information content (AvgIpc) is 3.33. The number of carbonyl (C=O) groups is 1. The fraction of sp³-hybridized carbons (Fsp3) is 0.444. The Labute approximate surface area is 144 Å². The van der Waals surface area contributed by atoms with Crippen molar-refractivity contribution in [3.63, 3.8) is 0 Å². The standard InChI is InChI=1S/C18H20F3N3O/c1-2-17(25)24(15-7-8-15)12-16-22-9-10-23(16)11-13-3-5-14(6-4-13)18(19,20)21/h3-6,9-10,15H,2,7-8,11-12H2,1H3. The van der Waals surface area contributed by atoms with Crippen LogP contribution in [0.15, 0.2) is 36.7 Å². The van der Waals surface area contributed by atoms with E-state index in [-0.39, 0.29) is 5.91 Å². The maximum absolute atomic E-state index is 12.6. The minimum Gasteiger partial charge on any atom is -0.332 e. The van der Waals surface area contributed by atoms with E-state index in [0.29, 0.717) is 25.6 Å². The van der Waals surface area contributed by atoms with Gasteiger partial charge in [0.15, 0.2) is 0 Å². The molecule has 1 saturated carbocycles. The Hall–Kier alpha value is -2.31. The van der Waals surface area contributed by atoms with Crippen molar-refractivity contribution in [3.8, 4) is 0 Å². The van der Waals surface area contributed by atoms with Crippen molar-refractivity contribution in [3.05, 3.63) is 53.6 Å². The Kier molecular flexibility index (Phi) is 4.83. The molecule has 0 bridgehead atoms. The number of alkyl halides is 3. The van der Waals surface area contributed by atoms with Crippen LogP contribution in [0.25, 0.3) is 0 Å². The first-order valence-corrected chi connectivity index (χ1v) is 8.34. The summed E-state index contributed by atoms with van der Waals surface area (Å²) in [6, 6.07) is 5.42. The smallest absolute Gasteiger partial charge is 0.332 e. The summed E-state index contributed by atoms with van der Waals surface area (Å²) < 4.78 is 39.8. The molecule has 134 valence electrons. The summed E-state index contributed by atoms with van der Waals surface area (Å²) in [6.07, 6.45) is 1.60. The molecule has 1 aliphatic rings. The van der Waals surface area contributed by atoms with Crippen molar-refractivity contribution in [2.45, 2.75) is 51.5 Å². The first-order chi connectivity index (χ1) is 11.9. The van der Waals surface area contributed by atoms with E-state index in [9.17, 15) is 18.0 Å². The first-order valence-electron chi connectivity index (χ1n) is 8.34. The minimum atomic E-state index is -4.33. The van der Waals surface area contributed by atoms with E-state index < -0.39 is 11.7 Å². The molecule has 0 radical (unpaired) electrons. The van der Waals surface area contributed by atoms with Crippen LogP contribution in [0.4, 0.5) is 13.2 Å². The summed E-state index contributed by atoms with van der Waals surface area (Å²) in [6.45, 7) is 2.70. The van der Waals surface area contributed by atoms with Crippen LogP contribution in [-0.4, -0.2) is 26.4 Å². The van der Waals surface area contributed by atoms with E-state index in [2.05, 4.69) is 4.98 Å². The van der Waals surface area contributed by atoms with Gasteiger partial charge in [0.1, 0.15) is 5.82 Å². The van der Waals surface area contributed by atoms with Crippen LogP contribution in [0.2, 0.25) is 0 Å². The van der Waals surface area contributed by atoms with Crippen molar-refractivity contribution in [2.24, 2.45) is 0 Å². The predicted molar refractivity (Wildman–Crippen MR) is 86.6 cm³/mol. The van der Waals surface area contributed by atoms with E-state index in [4.69, 9.17) is 0 Å². The van der Waals surface area contributed by atoms with Crippen LogP contribution in [0, 0.1) is 0 Å². The second-order valence-corrected chi connectivity index (χ2v) is 6.27. The van der Waals surface area contributed by atoms with Crippen molar-refractivity contribution < 1.29 is 18.0 Å². The predicted octanol–water partition coefficient (Wildman–Crippen LogP) is 3.85. The molecule has 1 amide bonds. The zero-order valence-electron chi connectivity index (χ0n) is 14.0. The molecule has 7 heteroatoms. The lowest BCUT2D eigenvalue weighted by Gasteiger charge is -2.22. The van der Waals surface area contributed by atoms with Crippen LogP contribution in [-0.2, 0) is 24.1 Å². The third kappa shape index (κ3) is 4.21. The number of hydrogen-bond acceptors (Lipinski definition) is 2. The highest BCUT2D eigenvalue weighted by molar-refractivity contribution is 5.76. The van der Waals surface area contributed by atoms with Gasteiger partial charge in [-0.05, 0) is 30.5 Å². The Morgan fingerprint density at radius 3 is 2.52 bits per heavy atom. The lowest BCUT2D eigenvalue weighted by atomic mass is 10.1. The highest BCUT2D eigenvalue weighted by Crippen LogP contribution is 2.30. The van der Waals surface area contributed by atoms with E-state index in [1.807, 2.05) is 16.4 Å². The Bertz CT molecular complexity index is 733. The molecule has 0 aliphatic heterocycles. The lowest BCUT2D eigenvalue weighted by Crippen LogP contribution is -2.33. The van der Waals surface area contributed by atoms with Crippen molar-refractivity contribution in [1.29, 1.82) is 0 Å². The molecule has 2 aromatic rings. The van der Waals surface area contributed by atoms with Gasteiger partial charge in [0, 0.05) is 31.4 Å². The largest absolute Gasteiger partial charge is 0.416 e. The van der Waals surface area contributed by atoms with Crippen LogP contribution in [0.1, 0.15) is 43.1 Å². The molecule has 1 aromatic carbocycles. The van der Waals surface area contributed by atoms with E-state index >= 15 is 0 Å². The van der Waals surface area contributed by atoms with Crippen LogP contribution in [0.3, 0.4) is 0 Å². The van der Waals surface area contributed by atoms with Gasteiger partial charge in [0.25, 0.3) is 0 Å².